The Morgan fingerprint density at radius 3 is 2.69 bits per heavy atom. The third-order valence-electron chi connectivity index (χ3n) is 7.01. The van der Waals surface area contributed by atoms with Crippen molar-refractivity contribution in [3.05, 3.63) is 39.4 Å². The van der Waals surface area contributed by atoms with Crippen molar-refractivity contribution >= 4 is 30.7 Å². The van der Waals surface area contributed by atoms with Crippen molar-refractivity contribution in [2.75, 3.05) is 31.2 Å². The van der Waals surface area contributed by atoms with Crippen LogP contribution < -0.4 is 27.8 Å². The first-order valence-electron chi connectivity index (χ1n) is 13.5. The fourth-order valence-corrected chi connectivity index (χ4v) is 6.42. The van der Waals surface area contributed by atoms with Gasteiger partial charge in [0.2, 0.25) is 5.95 Å². The molecule has 0 amide bonds. The van der Waals surface area contributed by atoms with E-state index in [0.29, 0.717) is 13.0 Å². The number of nitrogens with zero attached hydrogens (tertiary/aromatic N) is 5. The van der Waals surface area contributed by atoms with E-state index < -0.39 is 62.5 Å². The summed E-state index contributed by atoms with van der Waals surface area (Å²) in [6.07, 6.45) is -0.954. The lowest BCUT2D eigenvalue weighted by Gasteiger charge is -2.26. The maximum absolute atomic E-state index is 13.9. The zero-order valence-electron chi connectivity index (χ0n) is 22.7. The molecule has 19 heteroatoms. The van der Waals surface area contributed by atoms with Gasteiger partial charge < -0.3 is 31.2 Å². The lowest BCUT2D eigenvalue weighted by atomic mass is 10.2. The SMILES string of the molecule is CCCCNP(=O)(OC[C@H]1O[C@@H](n2ccc(N)nc2=O)CC1O)OC1C[C@H](n2cnc3c(=O)[nH]c(N)nc32)O[C@@H]1CO. The summed E-state index contributed by atoms with van der Waals surface area (Å²) in [5.74, 6) is -0.0478. The van der Waals surface area contributed by atoms with E-state index >= 15 is 0 Å². The molecule has 0 radical (unpaired) electrons. The van der Waals surface area contributed by atoms with E-state index in [1.807, 2.05) is 6.92 Å². The standard InChI is InChI=1S/C23H34N9O9P/c1-2-3-5-27-42(37,38-10-15-12(34)7-17(40-15)31-6-4-16(24)28-23(31)36)41-13-8-18(39-14(13)9-33)32-11-26-19-20(32)29-22(25)30-21(19)35/h4,6,11-15,17-18,33-34H,2-3,5,7-10H2,1H3,(H,27,37)(H2,24,28,36)(H3,25,29,30,35)/t12?,13?,14-,15-,17-,18-,42?/m1/s1. The van der Waals surface area contributed by atoms with Gasteiger partial charge in [-0.3, -0.25) is 28.0 Å². The maximum atomic E-state index is 13.9. The first kappa shape index (κ1) is 30.2. The average molecular weight is 612 g/mol. The third kappa shape index (κ3) is 6.40. The number of aliphatic hydroxyl groups excluding tert-OH is 2. The molecule has 0 aliphatic carbocycles. The Kier molecular flexibility index (Phi) is 9.05. The summed E-state index contributed by atoms with van der Waals surface area (Å²) in [6.45, 7) is 1.47. The van der Waals surface area contributed by atoms with E-state index in [-0.39, 0.29) is 42.4 Å². The molecular weight excluding hydrogens is 577 g/mol. The molecule has 2 aliphatic rings. The van der Waals surface area contributed by atoms with E-state index in [2.05, 4.69) is 25.0 Å². The second-order valence-corrected chi connectivity index (χ2v) is 11.8. The normalized spacial score (nSPS) is 27.5. The fraction of sp³-hybridized carbons (Fsp3) is 0.609. The summed E-state index contributed by atoms with van der Waals surface area (Å²) in [4.78, 5) is 38.7. The van der Waals surface area contributed by atoms with Gasteiger partial charge in [0.25, 0.3) is 5.56 Å². The van der Waals surface area contributed by atoms with Crippen LogP contribution in [0.2, 0.25) is 0 Å². The van der Waals surface area contributed by atoms with Crippen molar-refractivity contribution in [1.29, 1.82) is 0 Å². The van der Waals surface area contributed by atoms with Gasteiger partial charge in [-0.1, -0.05) is 13.3 Å². The number of nitrogens with one attached hydrogen (secondary N) is 2. The fourth-order valence-electron chi connectivity index (χ4n) is 4.84. The molecular formula is C23H34N9O9P. The van der Waals surface area contributed by atoms with E-state index in [1.54, 1.807) is 0 Å². The number of aromatic amines is 1. The predicted molar refractivity (Wildman–Crippen MR) is 147 cm³/mol. The highest BCUT2D eigenvalue weighted by molar-refractivity contribution is 7.51. The number of H-pyrrole nitrogens is 1. The molecule has 0 aromatic carbocycles. The van der Waals surface area contributed by atoms with Crippen LogP contribution in [0.5, 0.6) is 0 Å². The van der Waals surface area contributed by atoms with Gasteiger partial charge in [-0.15, -0.1) is 0 Å². The monoisotopic (exact) mass is 611 g/mol. The number of rotatable bonds is 12. The second kappa shape index (κ2) is 12.6. The zero-order valence-corrected chi connectivity index (χ0v) is 23.6. The number of hydrogen-bond acceptors (Lipinski definition) is 14. The van der Waals surface area contributed by atoms with Crippen molar-refractivity contribution in [3.8, 4) is 0 Å². The zero-order chi connectivity index (χ0) is 30.0. The Morgan fingerprint density at radius 2 is 1.95 bits per heavy atom. The minimum atomic E-state index is -4.05. The number of nitrogens with two attached hydrogens (primary N) is 2. The van der Waals surface area contributed by atoms with Gasteiger partial charge in [0.1, 0.15) is 36.6 Å². The molecule has 2 aliphatic heterocycles. The van der Waals surface area contributed by atoms with Crippen molar-refractivity contribution in [2.24, 2.45) is 0 Å². The lowest BCUT2D eigenvalue weighted by Crippen LogP contribution is -2.32. The molecule has 230 valence electrons. The molecule has 5 rings (SSSR count). The Hall–Kier alpha value is -3.22. The molecule has 42 heavy (non-hydrogen) atoms. The number of hydrogen-bond donors (Lipinski definition) is 6. The van der Waals surface area contributed by atoms with Crippen LogP contribution in [0.4, 0.5) is 11.8 Å². The number of ether oxygens (including phenoxy) is 2. The first-order chi connectivity index (χ1) is 20.1. The summed E-state index contributed by atoms with van der Waals surface area (Å²) in [7, 11) is -4.05. The molecule has 3 unspecified atom stereocenters. The summed E-state index contributed by atoms with van der Waals surface area (Å²) in [6, 6.07) is 1.44. The molecule has 3 aromatic heterocycles. The number of aromatic nitrogens is 6. The average Bonchev–Trinajstić information content (AvgIpc) is 3.64. The van der Waals surface area contributed by atoms with E-state index in [9.17, 15) is 24.4 Å². The highest BCUT2D eigenvalue weighted by atomic mass is 31.2. The van der Waals surface area contributed by atoms with Gasteiger partial charge >= 0.3 is 13.4 Å². The Morgan fingerprint density at radius 1 is 1.19 bits per heavy atom. The highest BCUT2D eigenvalue weighted by Gasteiger charge is 2.44. The molecule has 5 heterocycles. The van der Waals surface area contributed by atoms with Crippen molar-refractivity contribution < 1.29 is 33.3 Å². The molecule has 0 saturated carbocycles. The first-order valence-corrected chi connectivity index (χ1v) is 15.0. The van der Waals surface area contributed by atoms with E-state index in [0.717, 1.165) is 6.42 Å². The van der Waals surface area contributed by atoms with Crippen LogP contribution in [0.15, 0.2) is 28.2 Å². The van der Waals surface area contributed by atoms with E-state index in [4.69, 9.17) is 30.0 Å². The van der Waals surface area contributed by atoms with Gasteiger partial charge in [-0.25, -0.2) is 19.4 Å². The molecule has 7 atom stereocenters. The predicted octanol–water partition coefficient (Wildman–Crippen LogP) is -0.631. The van der Waals surface area contributed by atoms with Crippen molar-refractivity contribution in [3.63, 3.8) is 0 Å². The van der Waals surface area contributed by atoms with Crippen LogP contribution in [-0.4, -0.2) is 83.5 Å². The Bertz CT molecular complexity index is 1560. The van der Waals surface area contributed by atoms with E-state index in [1.165, 1.54) is 27.7 Å². The van der Waals surface area contributed by atoms with Crippen molar-refractivity contribution in [2.45, 2.75) is 69.5 Å². The van der Waals surface area contributed by atoms with Crippen LogP contribution in [0.1, 0.15) is 45.1 Å². The van der Waals surface area contributed by atoms with Crippen LogP contribution in [-0.2, 0) is 23.1 Å². The minimum absolute atomic E-state index is 0.0541. The Balaban J connectivity index is 1.29. The van der Waals surface area contributed by atoms with Crippen LogP contribution in [0, 0.1) is 0 Å². The van der Waals surface area contributed by atoms with Gasteiger partial charge in [0.05, 0.1) is 25.6 Å². The molecule has 8 N–H and O–H groups in total. The molecule has 0 spiro atoms. The molecule has 2 saturated heterocycles. The van der Waals surface area contributed by atoms with Gasteiger partial charge in [0, 0.05) is 25.6 Å². The topological polar surface area (TPSA) is 257 Å². The molecule has 2 fully saturated rings. The lowest BCUT2D eigenvalue weighted by molar-refractivity contribution is -0.0522. The number of nitrogen functional groups attached to an aromatic ring is 2. The van der Waals surface area contributed by atoms with Crippen LogP contribution in [0.25, 0.3) is 11.2 Å². The Labute approximate surface area is 238 Å². The number of unbranched alkanes of at least 4 members (excludes halogenated alkanes) is 1. The highest BCUT2D eigenvalue weighted by Crippen LogP contribution is 2.49. The van der Waals surface area contributed by atoms with Gasteiger partial charge in [-0.05, 0) is 12.5 Å². The smallest absolute Gasteiger partial charge is 0.394 e. The summed E-state index contributed by atoms with van der Waals surface area (Å²) >= 11 is 0. The van der Waals surface area contributed by atoms with Gasteiger partial charge in [-0.2, -0.15) is 9.97 Å². The van der Waals surface area contributed by atoms with Gasteiger partial charge in [0.15, 0.2) is 11.2 Å². The number of imidazole rings is 1. The third-order valence-corrected chi connectivity index (χ3v) is 8.65. The maximum Gasteiger partial charge on any atom is 0.405 e. The number of fused-ring (bicyclic) bond motifs is 1. The number of anilines is 2. The van der Waals surface area contributed by atoms with Crippen LogP contribution in [0.3, 0.4) is 0 Å². The minimum Gasteiger partial charge on any atom is -0.394 e. The largest absolute Gasteiger partial charge is 0.405 e. The summed E-state index contributed by atoms with van der Waals surface area (Å²) in [5, 5.41) is 23.4. The number of aliphatic hydroxyl groups is 2. The second-order valence-electron chi connectivity index (χ2n) is 10.00. The quantitative estimate of drug-likeness (QED) is 0.110. The molecule has 0 bridgehead atoms. The van der Waals surface area contributed by atoms with Crippen LogP contribution >= 0.6 is 7.75 Å². The van der Waals surface area contributed by atoms with Crippen molar-refractivity contribution in [1.82, 2.24) is 34.2 Å². The molecule has 18 nitrogen and oxygen atoms in total. The molecule has 3 aromatic rings. The summed E-state index contributed by atoms with van der Waals surface area (Å²) in [5.41, 5.74) is 10.3. The summed E-state index contributed by atoms with van der Waals surface area (Å²) < 4.78 is 40.0.